The third kappa shape index (κ3) is 3.19. The molecule has 3 heteroatoms. The summed E-state index contributed by atoms with van der Waals surface area (Å²) in [6.45, 7) is -0.208. The SMILES string of the molecule is [2H]C([2H])([2H])C([2H])(C)Cc1ccc2c(n1)oc1c(-c3ccc(C([2H])(C)C([2H])([2H])[2H])c[n+]3C)c(C)ccc12. The minimum absolute atomic E-state index is 0.0474. The van der Waals surface area contributed by atoms with E-state index in [0.29, 0.717) is 22.6 Å². The Morgan fingerprint density at radius 3 is 2.68 bits per heavy atom. The number of hydrogen-bond donors (Lipinski definition) is 0. The van der Waals surface area contributed by atoms with Crippen LogP contribution in [0.5, 0.6) is 0 Å². The summed E-state index contributed by atoms with van der Waals surface area (Å²) in [5.41, 5.74) is 4.33. The van der Waals surface area contributed by atoms with E-state index in [2.05, 4.69) is 4.98 Å². The topological polar surface area (TPSA) is 29.9 Å². The van der Waals surface area contributed by atoms with E-state index in [1.54, 1.807) is 36.0 Å². The van der Waals surface area contributed by atoms with Gasteiger partial charge in [0.25, 0.3) is 0 Å². The molecule has 4 aromatic rings. The molecule has 0 amide bonds. The summed E-state index contributed by atoms with van der Waals surface area (Å²) in [6.07, 6.45) is 1.62. The van der Waals surface area contributed by atoms with Crippen molar-refractivity contribution in [2.45, 2.75) is 46.8 Å². The van der Waals surface area contributed by atoms with Gasteiger partial charge in [-0.15, -0.1) is 0 Å². The molecule has 3 heterocycles. The number of furan rings is 1. The minimum atomic E-state index is -2.48. The summed E-state index contributed by atoms with van der Waals surface area (Å²) < 4.78 is 70.8. The first-order valence-electron chi connectivity index (χ1n) is 13.3. The van der Waals surface area contributed by atoms with Crippen LogP contribution in [-0.4, -0.2) is 4.98 Å². The standard InChI is InChI=1S/C25H29N2O/c1-15(2)13-19-9-11-21-20-10-7-17(5)23(24(20)28-25(21)26-19)22-12-8-18(16(3)4)14-27(22)6/h7-12,14-16H,13H2,1-6H3/q+1/i1D3,3D3,15D,16D. The first-order valence-corrected chi connectivity index (χ1v) is 9.26. The zero-order valence-corrected chi connectivity index (χ0v) is 16.6. The first-order chi connectivity index (χ1) is 16.4. The maximum atomic E-state index is 8.41. The Morgan fingerprint density at radius 1 is 1.11 bits per heavy atom. The predicted octanol–water partition coefficient (Wildman–Crippen LogP) is 6.10. The monoisotopic (exact) mass is 381 g/mol. The third-order valence-corrected chi connectivity index (χ3v) is 5.04. The second-order valence-electron chi connectivity index (χ2n) is 7.39. The average molecular weight is 382 g/mol. The molecule has 144 valence electrons. The van der Waals surface area contributed by atoms with E-state index in [9.17, 15) is 0 Å². The highest BCUT2D eigenvalue weighted by Gasteiger charge is 2.21. The van der Waals surface area contributed by atoms with Crippen molar-refractivity contribution < 1.29 is 20.0 Å². The summed E-state index contributed by atoms with van der Waals surface area (Å²) in [4.78, 5) is 4.54. The van der Waals surface area contributed by atoms with Crippen molar-refractivity contribution in [1.29, 1.82) is 0 Å². The molecule has 3 aromatic heterocycles. The zero-order valence-electron chi connectivity index (χ0n) is 24.6. The van der Waals surface area contributed by atoms with Gasteiger partial charge in [-0.25, -0.2) is 9.55 Å². The van der Waals surface area contributed by atoms with Crippen LogP contribution >= 0.6 is 0 Å². The van der Waals surface area contributed by atoms with Crippen LogP contribution in [0.15, 0.2) is 47.0 Å². The van der Waals surface area contributed by atoms with Crippen LogP contribution in [0.4, 0.5) is 0 Å². The van der Waals surface area contributed by atoms with Crippen molar-refractivity contribution in [2.75, 3.05) is 0 Å². The van der Waals surface area contributed by atoms with E-state index in [1.165, 1.54) is 13.8 Å². The van der Waals surface area contributed by atoms with Crippen LogP contribution in [-0.2, 0) is 13.5 Å². The molecule has 0 fully saturated rings. The lowest BCUT2D eigenvalue weighted by atomic mass is 9.99. The summed E-state index contributed by atoms with van der Waals surface area (Å²) >= 11 is 0. The molecule has 0 saturated heterocycles. The molecule has 1 aromatic carbocycles. The van der Waals surface area contributed by atoms with E-state index in [1.807, 2.05) is 25.1 Å². The largest absolute Gasteiger partial charge is 0.437 e. The van der Waals surface area contributed by atoms with Gasteiger partial charge in [0.1, 0.15) is 7.05 Å². The van der Waals surface area contributed by atoms with E-state index >= 15 is 0 Å². The van der Waals surface area contributed by atoms with Crippen molar-refractivity contribution in [3.63, 3.8) is 0 Å². The van der Waals surface area contributed by atoms with Crippen molar-refractivity contribution in [3.05, 3.63) is 59.4 Å². The van der Waals surface area contributed by atoms with Gasteiger partial charge >= 0.3 is 0 Å². The molecule has 0 aliphatic rings. The van der Waals surface area contributed by atoms with Crippen molar-refractivity contribution in [1.82, 2.24) is 4.98 Å². The molecular formula is C25H29N2O+. The van der Waals surface area contributed by atoms with Gasteiger partial charge in [0.15, 0.2) is 11.8 Å². The van der Waals surface area contributed by atoms with E-state index in [-0.39, 0.29) is 6.42 Å². The normalized spacial score (nSPS) is 21.3. The van der Waals surface area contributed by atoms with Crippen molar-refractivity contribution in [2.24, 2.45) is 12.9 Å². The second-order valence-corrected chi connectivity index (χ2v) is 7.39. The molecule has 0 saturated carbocycles. The second kappa shape index (κ2) is 7.05. The number of pyridine rings is 2. The highest BCUT2D eigenvalue weighted by atomic mass is 16.3. The van der Waals surface area contributed by atoms with Crippen LogP contribution in [0.3, 0.4) is 0 Å². The molecule has 3 nitrogen and oxygen atoms in total. The van der Waals surface area contributed by atoms with Crippen LogP contribution in [0.2, 0.25) is 0 Å². The van der Waals surface area contributed by atoms with Crippen LogP contribution in [0.1, 0.15) is 61.2 Å². The lowest BCUT2D eigenvalue weighted by Crippen LogP contribution is -2.31. The molecular weight excluding hydrogens is 344 g/mol. The highest BCUT2D eigenvalue weighted by Crippen LogP contribution is 2.36. The molecule has 0 N–H and O–H groups in total. The minimum Gasteiger partial charge on any atom is -0.437 e. The van der Waals surface area contributed by atoms with Gasteiger partial charge in [-0.1, -0.05) is 39.7 Å². The Bertz CT molecular complexity index is 1470. The molecule has 0 radical (unpaired) electrons. The molecule has 0 aliphatic heterocycles. The number of benzene rings is 1. The maximum absolute atomic E-state index is 8.41. The van der Waals surface area contributed by atoms with Gasteiger partial charge in [0, 0.05) is 39.1 Å². The fraction of sp³-hybridized carbons (Fsp3) is 0.360. The first kappa shape index (κ1) is 11.4. The van der Waals surface area contributed by atoms with E-state index < -0.39 is 25.5 Å². The predicted molar refractivity (Wildman–Crippen MR) is 115 cm³/mol. The lowest BCUT2D eigenvalue weighted by molar-refractivity contribution is -0.660. The number of hydrogen-bond acceptors (Lipinski definition) is 2. The Hall–Kier alpha value is -2.68. The molecule has 2 unspecified atom stereocenters. The van der Waals surface area contributed by atoms with Crippen LogP contribution in [0.25, 0.3) is 33.3 Å². The lowest BCUT2D eigenvalue weighted by Gasteiger charge is -2.08. The quantitative estimate of drug-likeness (QED) is 0.400. The number of nitrogens with zero attached hydrogens (tertiary/aromatic N) is 2. The van der Waals surface area contributed by atoms with E-state index in [4.69, 9.17) is 15.4 Å². The number of fused-ring (bicyclic) bond motifs is 3. The van der Waals surface area contributed by atoms with Gasteiger partial charge in [-0.05, 0) is 48.9 Å². The number of aryl methyl sites for hydroxylation is 2. The molecule has 0 spiro atoms. The van der Waals surface area contributed by atoms with Gasteiger partial charge in [-0.3, -0.25) is 0 Å². The van der Waals surface area contributed by atoms with Crippen LogP contribution < -0.4 is 4.57 Å². The number of aromatic nitrogens is 2. The van der Waals surface area contributed by atoms with Gasteiger partial charge in [-0.2, -0.15) is 0 Å². The van der Waals surface area contributed by atoms with Crippen LogP contribution in [0, 0.1) is 12.8 Å². The molecule has 0 bridgehead atoms. The molecule has 4 rings (SSSR count). The number of rotatable bonds is 4. The maximum Gasteiger partial charge on any atom is 0.227 e. The summed E-state index contributed by atoms with van der Waals surface area (Å²) in [5, 5.41) is 1.61. The van der Waals surface area contributed by atoms with Gasteiger partial charge in [0.05, 0.1) is 5.56 Å². The Kier molecular flexibility index (Phi) is 2.86. The Morgan fingerprint density at radius 2 is 1.93 bits per heavy atom. The smallest absolute Gasteiger partial charge is 0.227 e. The Balaban J connectivity index is 1.85. The molecule has 2 atom stereocenters. The fourth-order valence-electron chi connectivity index (χ4n) is 3.63. The molecule has 28 heavy (non-hydrogen) atoms. The van der Waals surface area contributed by atoms with E-state index in [0.717, 1.165) is 27.6 Å². The summed E-state index contributed by atoms with van der Waals surface area (Å²) in [6, 6.07) is 10.9. The summed E-state index contributed by atoms with van der Waals surface area (Å²) in [7, 11) is 1.80. The average Bonchev–Trinajstić information content (AvgIpc) is 3.09. The molecule has 0 aliphatic carbocycles. The summed E-state index contributed by atoms with van der Waals surface area (Å²) in [5.74, 6) is -3.44. The Labute approximate surface area is 178 Å². The van der Waals surface area contributed by atoms with Crippen molar-refractivity contribution in [3.8, 4) is 11.3 Å². The van der Waals surface area contributed by atoms with Crippen molar-refractivity contribution >= 4 is 22.1 Å². The third-order valence-electron chi connectivity index (χ3n) is 5.04. The van der Waals surface area contributed by atoms with Gasteiger partial charge in [0.2, 0.25) is 11.4 Å². The fourth-order valence-corrected chi connectivity index (χ4v) is 3.63. The highest BCUT2D eigenvalue weighted by molar-refractivity contribution is 6.08. The van der Waals surface area contributed by atoms with Gasteiger partial charge < -0.3 is 4.42 Å². The zero-order chi connectivity index (χ0) is 26.8.